The summed E-state index contributed by atoms with van der Waals surface area (Å²) in [5, 5.41) is 17.4. The number of rotatable bonds is 5. The van der Waals surface area contributed by atoms with E-state index in [1.807, 2.05) is 24.3 Å². The summed E-state index contributed by atoms with van der Waals surface area (Å²) in [6, 6.07) is 13.9. The van der Waals surface area contributed by atoms with Gasteiger partial charge in [-0.25, -0.2) is 9.37 Å². The van der Waals surface area contributed by atoms with Crippen LogP contribution in [-0.2, 0) is 0 Å². The van der Waals surface area contributed by atoms with Gasteiger partial charge in [0.05, 0.1) is 22.5 Å². The Bertz CT molecular complexity index is 1890. The molecule has 7 nitrogen and oxygen atoms in total. The van der Waals surface area contributed by atoms with Crippen molar-refractivity contribution in [3.05, 3.63) is 60.2 Å². The first-order valence-electron chi connectivity index (χ1n) is 15.3. The molecule has 0 spiro atoms. The van der Waals surface area contributed by atoms with Crippen LogP contribution in [-0.4, -0.2) is 62.4 Å². The number of benzene rings is 2. The average molecular weight is 564 g/mol. The largest absolute Gasteiger partial charge is 0.508 e. The Morgan fingerprint density at radius 1 is 1.10 bits per heavy atom. The maximum atomic E-state index is 16.8. The molecule has 214 valence electrons. The number of nitrogens with one attached hydrogen (secondary N) is 1. The maximum absolute atomic E-state index is 16.8. The van der Waals surface area contributed by atoms with Crippen LogP contribution in [0.3, 0.4) is 0 Å². The van der Waals surface area contributed by atoms with Crippen LogP contribution in [0.15, 0.2) is 48.7 Å². The Labute approximate surface area is 243 Å². The number of phenols is 1. The molecule has 10 rings (SSSR count). The molecule has 3 unspecified atom stereocenters. The van der Waals surface area contributed by atoms with Crippen molar-refractivity contribution in [1.82, 2.24) is 24.8 Å². The standard InChI is InChI=1S/C34H34FN5O2/c1-19-12-25-32(40(19)31-21-14-27(31)36-16-21)26-17-37-29(24-15-22(41)13-20-6-2-3-7-23(20)24)28(35)30(26)38-33(25)42-18-34-8-4-10-39(34)11-5-9-34/h2-3,6-7,12-13,15,17,21,27,31,36,41H,4-5,8-11,14,16,18H2,1H3. The Morgan fingerprint density at radius 2 is 1.93 bits per heavy atom. The number of hydrogen-bond donors (Lipinski definition) is 2. The van der Waals surface area contributed by atoms with Gasteiger partial charge in [0.15, 0.2) is 5.82 Å². The summed E-state index contributed by atoms with van der Waals surface area (Å²) < 4.78 is 25.8. The van der Waals surface area contributed by atoms with Gasteiger partial charge in [-0.05, 0) is 87.0 Å². The van der Waals surface area contributed by atoms with E-state index in [1.165, 1.54) is 19.3 Å². The van der Waals surface area contributed by atoms with Crippen molar-refractivity contribution >= 4 is 32.6 Å². The third kappa shape index (κ3) is 3.39. The molecule has 0 amide bonds. The molecule has 0 radical (unpaired) electrons. The second-order valence-corrected chi connectivity index (χ2v) is 12.9. The molecule has 4 aliphatic heterocycles. The van der Waals surface area contributed by atoms with Gasteiger partial charge in [-0.3, -0.25) is 9.88 Å². The normalized spacial score (nSPS) is 24.6. The van der Waals surface area contributed by atoms with Crippen molar-refractivity contribution in [3.63, 3.8) is 0 Å². The molecule has 5 aromatic rings. The van der Waals surface area contributed by atoms with Gasteiger partial charge >= 0.3 is 0 Å². The summed E-state index contributed by atoms with van der Waals surface area (Å²) >= 11 is 0. The number of halogens is 1. The van der Waals surface area contributed by atoms with Gasteiger partial charge in [0.1, 0.15) is 23.6 Å². The Kier molecular flexibility index (Phi) is 5.25. The minimum Gasteiger partial charge on any atom is -0.508 e. The van der Waals surface area contributed by atoms with Crippen molar-refractivity contribution in [3.8, 4) is 22.9 Å². The topological polar surface area (TPSA) is 75.4 Å². The number of aromatic hydroxyl groups is 1. The fourth-order valence-corrected chi connectivity index (χ4v) is 8.69. The third-order valence-corrected chi connectivity index (χ3v) is 10.7. The highest BCUT2D eigenvalue weighted by atomic mass is 19.1. The summed E-state index contributed by atoms with van der Waals surface area (Å²) in [5.41, 5.74) is 3.15. The molecule has 3 atom stereocenters. The van der Waals surface area contributed by atoms with E-state index in [0.717, 1.165) is 59.8 Å². The highest BCUT2D eigenvalue weighted by Crippen LogP contribution is 2.49. The number of pyridine rings is 2. The van der Waals surface area contributed by atoms with Gasteiger partial charge in [0.2, 0.25) is 5.88 Å². The first-order valence-corrected chi connectivity index (χ1v) is 15.3. The highest BCUT2D eigenvalue weighted by Gasteiger charge is 2.49. The van der Waals surface area contributed by atoms with E-state index in [4.69, 9.17) is 14.7 Å². The van der Waals surface area contributed by atoms with Crippen LogP contribution in [0.5, 0.6) is 11.6 Å². The Balaban J connectivity index is 1.26. The molecule has 2 aromatic carbocycles. The molecular weight excluding hydrogens is 529 g/mol. The molecule has 1 aliphatic carbocycles. The fraction of sp³-hybridized carbons (Fsp3) is 0.412. The number of aromatic nitrogens is 3. The molecule has 1 saturated carbocycles. The number of phenolic OH excluding ortho intramolecular Hbond substituents is 1. The van der Waals surface area contributed by atoms with Crippen molar-refractivity contribution in [2.45, 2.75) is 56.7 Å². The lowest BCUT2D eigenvalue weighted by molar-refractivity contribution is 0.112. The molecule has 7 heterocycles. The summed E-state index contributed by atoms with van der Waals surface area (Å²) in [6.07, 6.45) is 7.60. The predicted octanol–water partition coefficient (Wildman–Crippen LogP) is 6.10. The van der Waals surface area contributed by atoms with Crippen LogP contribution in [0, 0.1) is 18.7 Å². The lowest BCUT2D eigenvalue weighted by atomic mass is 9.79. The number of nitrogens with zero attached hydrogens (tertiary/aromatic N) is 4. The zero-order valence-corrected chi connectivity index (χ0v) is 23.7. The van der Waals surface area contributed by atoms with E-state index < -0.39 is 5.82 Å². The van der Waals surface area contributed by atoms with Gasteiger partial charge in [-0.1, -0.05) is 24.3 Å². The Hall–Kier alpha value is -3.75. The fourth-order valence-electron chi connectivity index (χ4n) is 8.69. The molecule has 42 heavy (non-hydrogen) atoms. The summed E-state index contributed by atoms with van der Waals surface area (Å²) in [4.78, 5) is 12.2. The van der Waals surface area contributed by atoms with Crippen LogP contribution in [0.2, 0.25) is 0 Å². The third-order valence-electron chi connectivity index (χ3n) is 10.7. The lowest BCUT2D eigenvalue weighted by Gasteiger charge is -2.37. The van der Waals surface area contributed by atoms with Gasteiger partial charge in [0, 0.05) is 35.4 Å². The first kappa shape index (κ1) is 24.8. The van der Waals surface area contributed by atoms with E-state index in [-0.39, 0.29) is 22.5 Å². The SMILES string of the molecule is Cc1cc2c(OCC34CCCN3CCC4)nc3c(F)c(-c4cc(O)cc5ccccc45)ncc3c2n1C1C2CNC1C2. The highest BCUT2D eigenvalue weighted by molar-refractivity contribution is 6.08. The van der Waals surface area contributed by atoms with Crippen molar-refractivity contribution < 1.29 is 14.2 Å². The maximum Gasteiger partial charge on any atom is 0.223 e. The lowest BCUT2D eigenvalue weighted by Crippen LogP contribution is -2.43. The van der Waals surface area contributed by atoms with Crippen molar-refractivity contribution in [2.75, 3.05) is 26.2 Å². The first-order chi connectivity index (χ1) is 20.5. The van der Waals surface area contributed by atoms with E-state index >= 15 is 4.39 Å². The zero-order chi connectivity index (χ0) is 28.2. The molecule has 2 N–H and O–H groups in total. The molecule has 4 saturated heterocycles. The van der Waals surface area contributed by atoms with Crippen LogP contribution in [0.25, 0.3) is 43.8 Å². The minimum absolute atomic E-state index is 0.0556. The zero-order valence-electron chi connectivity index (χ0n) is 23.7. The number of ether oxygens (including phenoxy) is 1. The van der Waals surface area contributed by atoms with E-state index in [0.29, 0.717) is 41.4 Å². The predicted molar refractivity (Wildman–Crippen MR) is 162 cm³/mol. The quantitative estimate of drug-likeness (QED) is 0.269. The number of hydrogen-bond acceptors (Lipinski definition) is 6. The van der Waals surface area contributed by atoms with Crippen molar-refractivity contribution in [2.24, 2.45) is 5.92 Å². The number of aryl methyl sites for hydroxylation is 1. The summed E-state index contributed by atoms with van der Waals surface area (Å²) in [6.45, 7) is 5.97. The van der Waals surface area contributed by atoms with Gasteiger partial charge in [0.25, 0.3) is 0 Å². The molecule has 5 aliphatic rings. The van der Waals surface area contributed by atoms with Crippen molar-refractivity contribution in [1.29, 1.82) is 0 Å². The Morgan fingerprint density at radius 3 is 2.71 bits per heavy atom. The molecule has 3 aromatic heterocycles. The smallest absolute Gasteiger partial charge is 0.223 e. The summed E-state index contributed by atoms with van der Waals surface area (Å²) in [5.74, 6) is 0.657. The van der Waals surface area contributed by atoms with Gasteiger partial charge < -0.3 is 19.7 Å². The minimum atomic E-state index is -0.489. The second kappa shape index (κ2) is 8.88. The van der Waals surface area contributed by atoms with Crippen LogP contribution in [0.1, 0.15) is 43.8 Å². The van der Waals surface area contributed by atoms with Gasteiger partial charge in [-0.15, -0.1) is 0 Å². The number of fused-ring (bicyclic) bond motifs is 6. The van der Waals surface area contributed by atoms with Crippen LogP contribution >= 0.6 is 0 Å². The second-order valence-electron chi connectivity index (χ2n) is 12.9. The molecule has 5 fully saturated rings. The van der Waals surface area contributed by atoms with Crippen LogP contribution < -0.4 is 10.1 Å². The molecule has 8 heteroatoms. The van der Waals surface area contributed by atoms with E-state index in [9.17, 15) is 5.11 Å². The monoisotopic (exact) mass is 563 g/mol. The van der Waals surface area contributed by atoms with E-state index in [2.05, 4.69) is 27.8 Å². The average Bonchev–Trinajstić information content (AvgIpc) is 3.80. The van der Waals surface area contributed by atoms with E-state index in [1.54, 1.807) is 18.3 Å². The van der Waals surface area contributed by atoms with Crippen LogP contribution in [0.4, 0.5) is 4.39 Å². The summed E-state index contributed by atoms with van der Waals surface area (Å²) in [7, 11) is 0. The molecule has 2 bridgehead atoms. The molecular formula is C34H34FN5O2. The van der Waals surface area contributed by atoms with Gasteiger partial charge in [-0.2, -0.15) is 0 Å².